The number of benzene rings is 2. The zero-order valence-corrected chi connectivity index (χ0v) is 16.2. The van der Waals surface area contributed by atoms with Crippen LogP contribution in [-0.4, -0.2) is 5.91 Å². The van der Waals surface area contributed by atoms with Crippen LogP contribution in [0, 0.1) is 0 Å². The van der Waals surface area contributed by atoms with Crippen LogP contribution in [0.5, 0.6) is 0 Å². The average molecular weight is 464 g/mol. The number of carbonyl (C=O) groups is 1. The minimum absolute atomic E-state index is 0.244. The second-order valence-corrected chi connectivity index (χ2v) is 7.77. The molecule has 4 rings (SSSR count). The van der Waals surface area contributed by atoms with Gasteiger partial charge < -0.3 is 15.1 Å². The van der Waals surface area contributed by atoms with E-state index in [2.05, 4.69) is 42.5 Å². The summed E-state index contributed by atoms with van der Waals surface area (Å²) < 4.78 is 7.03. The topological polar surface area (TPSA) is 71.3 Å². The van der Waals surface area contributed by atoms with E-state index in [0.717, 1.165) is 9.86 Å². The molecular weight excluding hydrogens is 452 g/mol. The average Bonchev–Trinajstić information content (AvgIpc) is 2.55. The lowest BCUT2D eigenvalue weighted by Crippen LogP contribution is -2.54. The largest absolute Gasteiger partial charge is 0.421 e. The molecule has 0 fully saturated rings. The Hall–Kier alpha value is -2.12. The maximum atomic E-state index is 12.6. The van der Waals surface area contributed by atoms with Gasteiger partial charge in [0.1, 0.15) is 5.66 Å². The first-order chi connectivity index (χ1) is 11.9. The van der Waals surface area contributed by atoms with Crippen LogP contribution in [-0.2, 0) is 5.66 Å². The van der Waals surface area contributed by atoms with Crippen molar-refractivity contribution in [3.05, 3.63) is 73.0 Å². The first-order valence-electron chi connectivity index (χ1n) is 7.50. The molecule has 1 unspecified atom stereocenters. The van der Waals surface area contributed by atoms with Crippen molar-refractivity contribution in [1.82, 2.24) is 5.32 Å². The Morgan fingerprint density at radius 3 is 2.60 bits per heavy atom. The van der Waals surface area contributed by atoms with Gasteiger partial charge in [-0.05, 0) is 53.2 Å². The van der Waals surface area contributed by atoms with E-state index in [1.165, 1.54) is 0 Å². The fraction of sp³-hybridized carbons (Fsp3) is 0.111. The van der Waals surface area contributed by atoms with E-state index in [0.29, 0.717) is 26.9 Å². The van der Waals surface area contributed by atoms with Crippen LogP contribution >= 0.6 is 31.9 Å². The third kappa shape index (κ3) is 2.67. The summed E-state index contributed by atoms with van der Waals surface area (Å²) in [6.07, 6.45) is 0. The first-order valence-corrected chi connectivity index (χ1v) is 9.09. The summed E-state index contributed by atoms with van der Waals surface area (Å²) in [7, 11) is 0. The van der Waals surface area contributed by atoms with E-state index < -0.39 is 11.3 Å². The molecule has 0 saturated carbocycles. The molecule has 0 bridgehead atoms. The Morgan fingerprint density at radius 1 is 1.04 bits per heavy atom. The predicted molar refractivity (Wildman–Crippen MR) is 103 cm³/mol. The van der Waals surface area contributed by atoms with Crippen LogP contribution < -0.4 is 16.3 Å². The van der Waals surface area contributed by atoms with Gasteiger partial charge in [-0.1, -0.05) is 28.1 Å². The molecule has 2 heterocycles. The van der Waals surface area contributed by atoms with Gasteiger partial charge >= 0.3 is 5.63 Å². The highest BCUT2D eigenvalue weighted by Crippen LogP contribution is 2.33. The van der Waals surface area contributed by atoms with Gasteiger partial charge in [-0.15, -0.1) is 0 Å². The number of hydrogen-bond acceptors (Lipinski definition) is 4. The summed E-state index contributed by atoms with van der Waals surface area (Å²) >= 11 is 6.83. The van der Waals surface area contributed by atoms with Crippen LogP contribution in [0.15, 0.2) is 60.6 Å². The van der Waals surface area contributed by atoms with Crippen molar-refractivity contribution in [2.24, 2.45) is 0 Å². The van der Waals surface area contributed by atoms with Gasteiger partial charge in [0.05, 0.1) is 15.6 Å². The molecule has 0 radical (unpaired) electrons. The number of carbonyl (C=O) groups excluding carboxylic acids is 1. The van der Waals surface area contributed by atoms with Crippen molar-refractivity contribution in [2.75, 3.05) is 5.32 Å². The number of para-hydroxylation sites is 1. The molecule has 2 aromatic carbocycles. The minimum Gasteiger partial charge on any atom is -0.421 e. The molecule has 2 N–H and O–H groups in total. The number of anilines is 1. The normalized spacial score (nSPS) is 19.2. The molecule has 1 amide bonds. The number of nitrogens with one attached hydrogen (secondary N) is 2. The van der Waals surface area contributed by atoms with Crippen molar-refractivity contribution in [3.63, 3.8) is 0 Å². The Morgan fingerprint density at radius 2 is 1.80 bits per heavy atom. The van der Waals surface area contributed by atoms with Gasteiger partial charge in [0, 0.05) is 15.5 Å². The quantitative estimate of drug-likeness (QED) is 0.526. The fourth-order valence-electron chi connectivity index (χ4n) is 3.03. The summed E-state index contributed by atoms with van der Waals surface area (Å²) in [6, 6.07) is 12.6. The third-order valence-electron chi connectivity index (χ3n) is 4.21. The van der Waals surface area contributed by atoms with Gasteiger partial charge in [-0.2, -0.15) is 0 Å². The lowest BCUT2D eigenvalue weighted by molar-refractivity contribution is 0.0905. The highest BCUT2D eigenvalue weighted by molar-refractivity contribution is 9.11. The summed E-state index contributed by atoms with van der Waals surface area (Å²) in [5.41, 5.74) is 0.412. The molecule has 0 saturated heterocycles. The van der Waals surface area contributed by atoms with Crippen LogP contribution in [0.2, 0.25) is 0 Å². The summed E-state index contributed by atoms with van der Waals surface area (Å²) in [5.74, 6) is -0.244. The second-order valence-electron chi connectivity index (χ2n) is 6.00. The SMILES string of the molecule is CC1(c2cc3cc(Br)cc(Br)c3oc2=O)NC(=O)c2ccccc2N1. The zero-order chi connectivity index (χ0) is 17.8. The number of rotatable bonds is 1. The minimum atomic E-state index is -1.07. The lowest BCUT2D eigenvalue weighted by atomic mass is 9.96. The molecule has 25 heavy (non-hydrogen) atoms. The van der Waals surface area contributed by atoms with Gasteiger partial charge in [-0.25, -0.2) is 4.79 Å². The van der Waals surface area contributed by atoms with Crippen LogP contribution in [0.3, 0.4) is 0 Å². The maximum Gasteiger partial charge on any atom is 0.343 e. The Labute approximate surface area is 159 Å². The standard InChI is InChI=1S/C18H12Br2N2O3/c1-18(21-14-5-3-2-4-11(14)16(23)22-18)12-7-9-6-10(19)8-13(20)15(9)25-17(12)24/h2-8,21H,1H3,(H,22,23). The lowest BCUT2D eigenvalue weighted by Gasteiger charge is -2.37. The molecule has 1 aliphatic rings. The van der Waals surface area contributed by atoms with Crippen LogP contribution in [0.4, 0.5) is 5.69 Å². The molecule has 0 aliphatic carbocycles. The van der Waals surface area contributed by atoms with E-state index in [1.807, 2.05) is 24.3 Å². The number of fused-ring (bicyclic) bond motifs is 2. The van der Waals surface area contributed by atoms with Crippen LogP contribution in [0.1, 0.15) is 22.8 Å². The van der Waals surface area contributed by atoms with Crippen molar-refractivity contribution in [1.29, 1.82) is 0 Å². The number of amides is 1. The predicted octanol–water partition coefficient (Wildman–Crippen LogP) is 4.35. The highest BCUT2D eigenvalue weighted by atomic mass is 79.9. The summed E-state index contributed by atoms with van der Waals surface area (Å²) in [4.78, 5) is 25.1. The second kappa shape index (κ2) is 5.71. The molecule has 7 heteroatoms. The molecular formula is C18H12Br2N2O3. The molecule has 126 valence electrons. The van der Waals surface area contributed by atoms with Gasteiger partial charge in [0.25, 0.3) is 5.91 Å². The van der Waals surface area contributed by atoms with E-state index >= 15 is 0 Å². The molecule has 1 aromatic heterocycles. The van der Waals surface area contributed by atoms with E-state index in [4.69, 9.17) is 4.42 Å². The molecule has 1 aliphatic heterocycles. The smallest absolute Gasteiger partial charge is 0.343 e. The van der Waals surface area contributed by atoms with Gasteiger partial charge in [0.15, 0.2) is 5.58 Å². The van der Waals surface area contributed by atoms with Crippen molar-refractivity contribution >= 4 is 54.4 Å². The highest BCUT2D eigenvalue weighted by Gasteiger charge is 2.37. The third-order valence-corrected chi connectivity index (χ3v) is 5.26. The van der Waals surface area contributed by atoms with Crippen molar-refractivity contribution in [3.8, 4) is 0 Å². The summed E-state index contributed by atoms with van der Waals surface area (Å²) in [6.45, 7) is 1.74. The molecule has 3 aromatic rings. The van der Waals surface area contributed by atoms with E-state index in [1.54, 1.807) is 25.1 Å². The molecule has 1 atom stereocenters. The van der Waals surface area contributed by atoms with Crippen molar-refractivity contribution < 1.29 is 9.21 Å². The zero-order valence-electron chi connectivity index (χ0n) is 13.0. The Kier molecular flexibility index (Phi) is 3.73. The fourth-order valence-corrected chi connectivity index (χ4v) is 4.36. The number of hydrogen-bond donors (Lipinski definition) is 2. The Balaban J connectivity index is 1.91. The molecule has 5 nitrogen and oxygen atoms in total. The van der Waals surface area contributed by atoms with E-state index in [-0.39, 0.29) is 5.91 Å². The molecule has 0 spiro atoms. The van der Waals surface area contributed by atoms with Gasteiger partial charge in [-0.3, -0.25) is 4.79 Å². The summed E-state index contributed by atoms with van der Waals surface area (Å²) in [5, 5.41) is 6.85. The monoisotopic (exact) mass is 462 g/mol. The van der Waals surface area contributed by atoms with E-state index in [9.17, 15) is 9.59 Å². The maximum absolute atomic E-state index is 12.6. The van der Waals surface area contributed by atoms with Gasteiger partial charge in [0.2, 0.25) is 0 Å². The Bertz CT molecular complexity index is 1090. The van der Waals surface area contributed by atoms with Crippen LogP contribution in [0.25, 0.3) is 11.0 Å². The number of halogens is 2. The first kappa shape index (κ1) is 16.4. The van der Waals surface area contributed by atoms with Crippen molar-refractivity contribution in [2.45, 2.75) is 12.6 Å².